The number of hydrogen-bond acceptors (Lipinski definition) is 3. The third-order valence-electron chi connectivity index (χ3n) is 1.99. The molecule has 0 heterocycles. The summed E-state index contributed by atoms with van der Waals surface area (Å²) in [5.74, 6) is -0.718. The second kappa shape index (κ2) is 6.61. The highest BCUT2D eigenvalue weighted by Crippen LogP contribution is 1.97. The van der Waals surface area contributed by atoms with Crippen LogP contribution in [0.25, 0.3) is 0 Å². The van der Waals surface area contributed by atoms with Crippen LogP contribution in [-0.2, 0) is 20.7 Å². The first-order chi connectivity index (χ1) is 7.68. The Morgan fingerprint density at radius 1 is 1.25 bits per heavy atom. The van der Waals surface area contributed by atoms with E-state index in [0.29, 0.717) is 6.54 Å². The lowest BCUT2D eigenvalue weighted by molar-refractivity contribution is -0.146. The van der Waals surface area contributed by atoms with Gasteiger partial charge in [-0.25, -0.2) is 0 Å². The van der Waals surface area contributed by atoms with E-state index in [1.165, 1.54) is 6.92 Å². The van der Waals surface area contributed by atoms with Gasteiger partial charge in [0.25, 0.3) is 5.91 Å². The van der Waals surface area contributed by atoms with E-state index < -0.39 is 5.97 Å². The van der Waals surface area contributed by atoms with E-state index in [1.54, 1.807) is 0 Å². The maximum atomic E-state index is 11.1. The number of nitrogens with one attached hydrogen (secondary N) is 1. The number of carbonyl (C=O) groups excluding carboxylic acids is 2. The number of benzene rings is 1. The van der Waals surface area contributed by atoms with E-state index >= 15 is 0 Å². The second-order valence-corrected chi connectivity index (χ2v) is 3.37. The minimum Gasteiger partial charge on any atom is -0.456 e. The average molecular weight is 221 g/mol. The van der Waals surface area contributed by atoms with Crippen molar-refractivity contribution in [1.82, 2.24) is 5.32 Å². The lowest BCUT2D eigenvalue weighted by Crippen LogP contribution is -2.30. The molecule has 1 amide bonds. The van der Waals surface area contributed by atoms with E-state index in [0.717, 1.165) is 12.0 Å². The molecule has 16 heavy (non-hydrogen) atoms. The SMILES string of the molecule is CC(=O)OCC(=O)NCCc1ccccc1. The van der Waals surface area contributed by atoms with Gasteiger partial charge in [-0.1, -0.05) is 30.3 Å². The molecule has 1 aromatic carbocycles. The van der Waals surface area contributed by atoms with E-state index in [1.807, 2.05) is 30.3 Å². The smallest absolute Gasteiger partial charge is 0.303 e. The van der Waals surface area contributed by atoms with Crippen LogP contribution in [0.4, 0.5) is 0 Å². The largest absolute Gasteiger partial charge is 0.456 e. The minimum absolute atomic E-state index is 0.204. The maximum absolute atomic E-state index is 11.1. The second-order valence-electron chi connectivity index (χ2n) is 3.37. The Balaban J connectivity index is 2.16. The topological polar surface area (TPSA) is 55.4 Å². The van der Waals surface area contributed by atoms with E-state index in [2.05, 4.69) is 10.1 Å². The highest BCUT2D eigenvalue weighted by molar-refractivity contribution is 5.79. The number of ether oxygens (including phenoxy) is 1. The van der Waals surface area contributed by atoms with E-state index in [4.69, 9.17) is 0 Å². The number of carbonyl (C=O) groups is 2. The Kier molecular flexibility index (Phi) is 5.05. The van der Waals surface area contributed by atoms with Crippen molar-refractivity contribution in [3.8, 4) is 0 Å². The molecule has 0 aliphatic rings. The monoisotopic (exact) mass is 221 g/mol. The minimum atomic E-state index is -0.446. The fourth-order valence-electron chi connectivity index (χ4n) is 1.21. The van der Waals surface area contributed by atoms with Gasteiger partial charge in [0.1, 0.15) is 0 Å². The molecule has 1 N–H and O–H groups in total. The number of hydrogen-bond donors (Lipinski definition) is 1. The van der Waals surface area contributed by atoms with Crippen molar-refractivity contribution >= 4 is 11.9 Å². The highest BCUT2D eigenvalue weighted by Gasteiger charge is 2.02. The van der Waals surface area contributed by atoms with Crippen LogP contribution >= 0.6 is 0 Å². The van der Waals surface area contributed by atoms with Crippen LogP contribution in [0.2, 0.25) is 0 Å². The van der Waals surface area contributed by atoms with Gasteiger partial charge in [-0.15, -0.1) is 0 Å². The van der Waals surface area contributed by atoms with Gasteiger partial charge in [0.05, 0.1) is 0 Å². The Hall–Kier alpha value is -1.84. The summed E-state index contributed by atoms with van der Waals surface area (Å²) in [7, 11) is 0. The first-order valence-corrected chi connectivity index (χ1v) is 5.12. The number of amides is 1. The van der Waals surface area contributed by atoms with Gasteiger partial charge >= 0.3 is 5.97 Å². The van der Waals surface area contributed by atoms with Crippen molar-refractivity contribution in [1.29, 1.82) is 0 Å². The van der Waals surface area contributed by atoms with Crippen molar-refractivity contribution in [3.63, 3.8) is 0 Å². The molecule has 1 aromatic rings. The summed E-state index contributed by atoms with van der Waals surface area (Å²) >= 11 is 0. The quantitative estimate of drug-likeness (QED) is 0.752. The summed E-state index contributed by atoms with van der Waals surface area (Å²) in [5.41, 5.74) is 1.16. The van der Waals surface area contributed by atoms with Crippen LogP contribution in [0.3, 0.4) is 0 Å². The maximum Gasteiger partial charge on any atom is 0.303 e. The van der Waals surface area contributed by atoms with E-state index in [9.17, 15) is 9.59 Å². The first kappa shape index (κ1) is 12.2. The summed E-state index contributed by atoms with van der Waals surface area (Å²) in [6.07, 6.45) is 0.770. The predicted molar refractivity (Wildman–Crippen MR) is 59.8 cm³/mol. The molecule has 4 heteroatoms. The fraction of sp³-hybridized carbons (Fsp3) is 0.333. The van der Waals surface area contributed by atoms with Crippen LogP contribution in [0.15, 0.2) is 30.3 Å². The molecule has 1 rings (SSSR count). The molecule has 0 radical (unpaired) electrons. The van der Waals surface area contributed by atoms with Gasteiger partial charge < -0.3 is 10.1 Å². The molecule has 86 valence electrons. The van der Waals surface area contributed by atoms with Crippen LogP contribution in [0.1, 0.15) is 12.5 Å². The normalized spacial score (nSPS) is 9.56. The molecule has 0 bridgehead atoms. The standard InChI is InChI=1S/C12H15NO3/c1-10(14)16-9-12(15)13-8-7-11-5-3-2-4-6-11/h2-6H,7-9H2,1H3,(H,13,15). The molecule has 0 aliphatic carbocycles. The molecule has 0 aliphatic heterocycles. The third-order valence-corrected chi connectivity index (χ3v) is 1.99. The molecule has 0 unspecified atom stereocenters. The van der Waals surface area contributed by atoms with Crippen molar-refractivity contribution in [2.24, 2.45) is 0 Å². The van der Waals surface area contributed by atoms with E-state index in [-0.39, 0.29) is 12.5 Å². The van der Waals surface area contributed by atoms with Gasteiger partial charge in [-0.3, -0.25) is 9.59 Å². The molecule has 0 atom stereocenters. The zero-order chi connectivity index (χ0) is 11.8. The molecular formula is C12H15NO3. The van der Waals surface area contributed by atoms with Gasteiger partial charge in [-0.2, -0.15) is 0 Å². The summed E-state index contributed by atoms with van der Waals surface area (Å²) in [4.78, 5) is 21.6. The fourth-order valence-corrected chi connectivity index (χ4v) is 1.21. The molecule has 0 aromatic heterocycles. The molecule has 0 saturated heterocycles. The molecule has 0 saturated carbocycles. The summed E-state index contributed by atoms with van der Waals surface area (Å²) in [6.45, 7) is 1.62. The van der Waals surface area contributed by atoms with Gasteiger partial charge in [0.2, 0.25) is 0 Å². The van der Waals surface area contributed by atoms with Crippen molar-refractivity contribution in [2.75, 3.05) is 13.2 Å². The number of rotatable bonds is 5. The third kappa shape index (κ3) is 5.14. The van der Waals surface area contributed by atoms with Crippen molar-refractivity contribution in [3.05, 3.63) is 35.9 Å². The summed E-state index contributed by atoms with van der Waals surface area (Å²) < 4.78 is 4.56. The lowest BCUT2D eigenvalue weighted by Gasteiger charge is -2.05. The van der Waals surface area contributed by atoms with Gasteiger partial charge in [-0.05, 0) is 12.0 Å². The van der Waals surface area contributed by atoms with Crippen molar-refractivity contribution in [2.45, 2.75) is 13.3 Å². The molecule has 0 fully saturated rings. The zero-order valence-electron chi connectivity index (χ0n) is 9.23. The van der Waals surface area contributed by atoms with Crippen LogP contribution in [-0.4, -0.2) is 25.0 Å². The summed E-state index contributed by atoms with van der Waals surface area (Å²) in [6, 6.07) is 9.85. The Morgan fingerprint density at radius 2 is 1.94 bits per heavy atom. The Bertz CT molecular complexity index is 349. The van der Waals surface area contributed by atoms with Crippen LogP contribution < -0.4 is 5.32 Å². The molecule has 4 nitrogen and oxygen atoms in total. The highest BCUT2D eigenvalue weighted by atomic mass is 16.5. The number of esters is 1. The summed E-state index contributed by atoms with van der Waals surface area (Å²) in [5, 5.41) is 2.67. The Morgan fingerprint density at radius 3 is 2.56 bits per heavy atom. The Labute approximate surface area is 94.6 Å². The van der Waals surface area contributed by atoms with Crippen LogP contribution in [0, 0.1) is 0 Å². The lowest BCUT2D eigenvalue weighted by atomic mass is 10.1. The van der Waals surface area contributed by atoms with Crippen LogP contribution in [0.5, 0.6) is 0 Å². The zero-order valence-corrected chi connectivity index (χ0v) is 9.23. The van der Waals surface area contributed by atoms with Crippen molar-refractivity contribution < 1.29 is 14.3 Å². The van der Waals surface area contributed by atoms with Gasteiger partial charge in [0.15, 0.2) is 6.61 Å². The predicted octanol–water partition coefficient (Wildman–Crippen LogP) is 0.908. The molecule has 0 spiro atoms. The first-order valence-electron chi connectivity index (χ1n) is 5.12. The average Bonchev–Trinajstić information content (AvgIpc) is 2.28. The van der Waals surface area contributed by atoms with Gasteiger partial charge in [0, 0.05) is 13.5 Å². The molecular weight excluding hydrogens is 206 g/mol.